The number of hydrogen-bond donors (Lipinski definition) is 0. The monoisotopic (exact) mass is 563 g/mol. The summed E-state index contributed by atoms with van der Waals surface area (Å²) >= 11 is 0. The Kier molecular flexibility index (Phi) is 8.91. The minimum atomic E-state index is -5.12. The average Bonchev–Trinajstić information content (AvgIpc) is 3.26. The molecular formula is C26H31F6N3O4. The highest BCUT2D eigenvalue weighted by atomic mass is 19.4. The molecule has 3 rings (SSSR count). The first-order valence-corrected chi connectivity index (χ1v) is 12.6. The van der Waals surface area contributed by atoms with Gasteiger partial charge in [-0.1, -0.05) is 19.0 Å². The molecule has 0 bridgehead atoms. The van der Waals surface area contributed by atoms with E-state index in [2.05, 4.69) is 5.16 Å². The molecule has 1 aliphatic rings. The molecule has 0 N–H and O–H groups in total. The van der Waals surface area contributed by atoms with Crippen LogP contribution in [0.3, 0.4) is 0 Å². The SMILES string of the molecule is CC[C@@H]1C[C@H](N(C(=O)c2cc(C(F)(F)F)cc(C(F)(F)F)c2)c2cc(C)on2)C[C@H](CC)N1C(=O)OC(C)C. The Morgan fingerprint density at radius 2 is 1.51 bits per heavy atom. The predicted octanol–water partition coefficient (Wildman–Crippen LogP) is 7.23. The normalized spacial score (nSPS) is 20.3. The molecular weight excluding hydrogens is 532 g/mol. The fourth-order valence-electron chi connectivity index (χ4n) is 4.89. The lowest BCUT2D eigenvalue weighted by Gasteiger charge is -2.47. The highest BCUT2D eigenvalue weighted by Gasteiger charge is 2.43. The van der Waals surface area contributed by atoms with E-state index >= 15 is 0 Å². The number of nitrogens with zero attached hydrogens (tertiary/aromatic N) is 3. The lowest BCUT2D eigenvalue weighted by molar-refractivity contribution is -0.143. The van der Waals surface area contributed by atoms with Crippen LogP contribution >= 0.6 is 0 Å². The van der Waals surface area contributed by atoms with Gasteiger partial charge in [-0.15, -0.1) is 0 Å². The highest BCUT2D eigenvalue weighted by molar-refractivity contribution is 6.06. The number of aryl methyl sites for hydroxylation is 1. The molecule has 1 fully saturated rings. The van der Waals surface area contributed by atoms with Gasteiger partial charge < -0.3 is 14.2 Å². The number of benzene rings is 1. The predicted molar refractivity (Wildman–Crippen MR) is 129 cm³/mol. The number of aromatic nitrogens is 1. The summed E-state index contributed by atoms with van der Waals surface area (Å²) in [6, 6.07) is 0.648. The van der Waals surface area contributed by atoms with Gasteiger partial charge in [0.2, 0.25) is 0 Å². The van der Waals surface area contributed by atoms with Crippen LogP contribution in [-0.4, -0.2) is 46.3 Å². The number of carbonyl (C=O) groups excluding carboxylic acids is 2. The molecule has 2 amide bonds. The molecule has 0 aliphatic carbocycles. The number of hydrogen-bond acceptors (Lipinski definition) is 5. The van der Waals surface area contributed by atoms with Crippen LogP contribution in [0.5, 0.6) is 0 Å². The zero-order chi connectivity index (χ0) is 29.3. The number of halogens is 6. The summed E-state index contributed by atoms with van der Waals surface area (Å²) in [4.78, 5) is 29.4. The summed E-state index contributed by atoms with van der Waals surface area (Å²) in [5, 5.41) is 3.86. The number of ether oxygens (including phenoxy) is 1. The molecule has 0 spiro atoms. The molecule has 39 heavy (non-hydrogen) atoms. The van der Waals surface area contributed by atoms with Crippen LogP contribution in [0.1, 0.15) is 80.6 Å². The molecule has 3 atom stereocenters. The third-order valence-electron chi connectivity index (χ3n) is 6.65. The average molecular weight is 564 g/mol. The quantitative estimate of drug-likeness (QED) is 0.347. The van der Waals surface area contributed by atoms with Gasteiger partial charge in [0.15, 0.2) is 5.82 Å². The number of alkyl halides is 6. The Morgan fingerprint density at radius 3 is 1.90 bits per heavy atom. The topological polar surface area (TPSA) is 75.9 Å². The first-order chi connectivity index (χ1) is 18.1. The third-order valence-corrected chi connectivity index (χ3v) is 6.65. The van der Waals surface area contributed by atoms with Crippen molar-refractivity contribution in [3.8, 4) is 0 Å². The molecule has 1 aliphatic heterocycles. The van der Waals surface area contributed by atoms with Gasteiger partial charge in [0.1, 0.15) is 5.76 Å². The van der Waals surface area contributed by atoms with Crippen molar-refractivity contribution in [3.05, 3.63) is 46.7 Å². The summed E-state index contributed by atoms with van der Waals surface area (Å²) in [6.07, 6.45) is -9.78. The molecule has 1 saturated heterocycles. The van der Waals surface area contributed by atoms with Crippen LogP contribution < -0.4 is 4.90 Å². The molecule has 2 aromatic rings. The van der Waals surface area contributed by atoms with Crippen LogP contribution in [0.2, 0.25) is 0 Å². The van der Waals surface area contributed by atoms with Gasteiger partial charge in [-0.3, -0.25) is 9.69 Å². The minimum Gasteiger partial charge on any atom is -0.447 e. The Balaban J connectivity index is 2.10. The van der Waals surface area contributed by atoms with Crippen molar-refractivity contribution >= 4 is 17.8 Å². The third kappa shape index (κ3) is 6.85. The smallest absolute Gasteiger partial charge is 0.416 e. The van der Waals surface area contributed by atoms with E-state index in [4.69, 9.17) is 9.26 Å². The Bertz CT molecular complexity index is 1130. The molecule has 0 unspecified atom stereocenters. The van der Waals surface area contributed by atoms with E-state index < -0.39 is 59.2 Å². The van der Waals surface area contributed by atoms with E-state index in [0.29, 0.717) is 30.7 Å². The van der Waals surface area contributed by atoms with Gasteiger partial charge in [0.05, 0.1) is 17.2 Å². The van der Waals surface area contributed by atoms with Crippen molar-refractivity contribution in [2.24, 2.45) is 0 Å². The van der Waals surface area contributed by atoms with Crippen molar-refractivity contribution in [2.75, 3.05) is 4.90 Å². The number of likely N-dealkylation sites (tertiary alicyclic amines) is 1. The van der Waals surface area contributed by atoms with Crippen molar-refractivity contribution in [1.82, 2.24) is 10.1 Å². The van der Waals surface area contributed by atoms with E-state index in [9.17, 15) is 35.9 Å². The maximum Gasteiger partial charge on any atom is 0.416 e. The van der Waals surface area contributed by atoms with Crippen molar-refractivity contribution in [3.63, 3.8) is 0 Å². The molecule has 13 heteroatoms. The maximum atomic E-state index is 13.8. The van der Waals surface area contributed by atoms with Gasteiger partial charge in [-0.05, 0) is 64.7 Å². The first-order valence-electron chi connectivity index (χ1n) is 12.6. The fraction of sp³-hybridized carbons (Fsp3) is 0.577. The number of anilines is 1. The second-order valence-electron chi connectivity index (χ2n) is 9.85. The van der Waals surface area contributed by atoms with E-state index in [1.54, 1.807) is 25.7 Å². The standard InChI is InChI=1S/C26H31F6N3O4/c1-6-19-12-21(13-20(7-2)34(19)24(37)38-14(3)4)35(22-8-15(5)39-33-22)23(36)16-9-17(25(27,28)29)11-18(10-16)26(30,31)32/h8-11,14,19-21H,6-7,12-13H2,1-5H3/t19-,20+,21+. The zero-order valence-electron chi connectivity index (χ0n) is 22.2. The summed E-state index contributed by atoms with van der Waals surface area (Å²) in [7, 11) is 0. The molecule has 0 saturated carbocycles. The van der Waals surface area contributed by atoms with Crippen LogP contribution in [0, 0.1) is 6.92 Å². The van der Waals surface area contributed by atoms with Crippen molar-refractivity contribution < 1.29 is 45.2 Å². The highest BCUT2D eigenvalue weighted by Crippen LogP contribution is 2.38. The van der Waals surface area contributed by atoms with Crippen molar-refractivity contribution in [1.29, 1.82) is 0 Å². The maximum absolute atomic E-state index is 13.8. The summed E-state index contributed by atoms with van der Waals surface area (Å²) in [5.74, 6) is -0.843. The van der Waals surface area contributed by atoms with E-state index in [1.807, 2.05) is 13.8 Å². The second-order valence-corrected chi connectivity index (χ2v) is 9.85. The van der Waals surface area contributed by atoms with E-state index in [0.717, 1.165) is 4.90 Å². The number of piperidine rings is 1. The van der Waals surface area contributed by atoms with Gasteiger partial charge in [-0.25, -0.2) is 4.79 Å². The van der Waals surface area contributed by atoms with Gasteiger partial charge >= 0.3 is 18.4 Å². The molecule has 0 radical (unpaired) electrons. The van der Waals surface area contributed by atoms with Gasteiger partial charge in [0, 0.05) is 29.8 Å². The lowest BCUT2D eigenvalue weighted by Crippen LogP contribution is -2.58. The first kappa shape index (κ1) is 30.3. The van der Waals surface area contributed by atoms with E-state index in [-0.39, 0.29) is 30.8 Å². The second kappa shape index (κ2) is 11.5. The summed E-state index contributed by atoms with van der Waals surface area (Å²) in [6.45, 7) is 8.64. The van der Waals surface area contributed by atoms with Crippen molar-refractivity contribution in [2.45, 2.75) is 96.9 Å². The molecule has 2 heterocycles. The van der Waals surface area contributed by atoms with E-state index in [1.165, 1.54) is 6.07 Å². The number of rotatable bonds is 6. The molecule has 7 nitrogen and oxygen atoms in total. The van der Waals surface area contributed by atoms with Crippen LogP contribution in [-0.2, 0) is 17.1 Å². The number of amides is 2. The molecule has 1 aromatic carbocycles. The molecule has 1 aromatic heterocycles. The summed E-state index contributed by atoms with van der Waals surface area (Å²) < 4.78 is 91.6. The minimum absolute atomic E-state index is 0.0274. The molecule has 216 valence electrons. The Morgan fingerprint density at radius 1 is 1.00 bits per heavy atom. The van der Waals surface area contributed by atoms with Crippen LogP contribution in [0.25, 0.3) is 0 Å². The Labute approximate surface area is 222 Å². The van der Waals surface area contributed by atoms with Crippen LogP contribution in [0.4, 0.5) is 37.0 Å². The zero-order valence-corrected chi connectivity index (χ0v) is 22.2. The fourth-order valence-corrected chi connectivity index (χ4v) is 4.89. The largest absolute Gasteiger partial charge is 0.447 e. The Hall–Kier alpha value is -3.25. The van der Waals surface area contributed by atoms with Crippen LogP contribution in [0.15, 0.2) is 28.8 Å². The van der Waals surface area contributed by atoms with Gasteiger partial charge in [0.25, 0.3) is 5.91 Å². The number of carbonyl (C=O) groups is 2. The summed E-state index contributed by atoms with van der Waals surface area (Å²) in [5.41, 5.74) is -3.98. The lowest BCUT2D eigenvalue weighted by atomic mass is 9.87. The van der Waals surface area contributed by atoms with Gasteiger partial charge in [-0.2, -0.15) is 26.3 Å².